The molecule has 2 heterocycles. The highest BCUT2D eigenvalue weighted by Crippen LogP contribution is 2.17. The number of ether oxygens (including phenoxy) is 1. The Hall–Kier alpha value is -0.720. The van der Waals surface area contributed by atoms with Crippen molar-refractivity contribution >= 4 is 16.7 Å². The van der Waals surface area contributed by atoms with E-state index in [1.54, 1.807) is 7.11 Å². The SMILES string of the molecule is COCCc1nsc(NC2CCN(C)CC2)n1. The summed E-state index contributed by atoms with van der Waals surface area (Å²) in [5, 5.41) is 4.43. The van der Waals surface area contributed by atoms with Crippen LogP contribution in [0.25, 0.3) is 0 Å². The molecule has 0 aromatic carbocycles. The molecule has 1 saturated heterocycles. The number of rotatable bonds is 5. The molecule has 0 atom stereocenters. The largest absolute Gasteiger partial charge is 0.384 e. The summed E-state index contributed by atoms with van der Waals surface area (Å²) in [7, 11) is 3.87. The molecule has 17 heavy (non-hydrogen) atoms. The average molecular weight is 256 g/mol. The van der Waals surface area contributed by atoms with Gasteiger partial charge in [0.2, 0.25) is 5.13 Å². The molecule has 1 aliphatic rings. The van der Waals surface area contributed by atoms with Crippen LogP contribution in [0.3, 0.4) is 0 Å². The first kappa shape index (κ1) is 12.7. The Balaban J connectivity index is 1.80. The summed E-state index contributed by atoms with van der Waals surface area (Å²) in [6.07, 6.45) is 3.16. The van der Waals surface area contributed by atoms with Crippen molar-refractivity contribution in [2.24, 2.45) is 0 Å². The van der Waals surface area contributed by atoms with Crippen LogP contribution in [-0.4, -0.2) is 54.2 Å². The second kappa shape index (κ2) is 6.28. The van der Waals surface area contributed by atoms with Gasteiger partial charge in [-0.15, -0.1) is 0 Å². The fraction of sp³-hybridized carbons (Fsp3) is 0.818. The van der Waals surface area contributed by atoms with E-state index in [4.69, 9.17) is 4.74 Å². The number of nitrogens with one attached hydrogen (secondary N) is 1. The van der Waals surface area contributed by atoms with Gasteiger partial charge in [0.1, 0.15) is 5.82 Å². The molecule has 1 fully saturated rings. The summed E-state index contributed by atoms with van der Waals surface area (Å²) < 4.78 is 9.33. The predicted molar refractivity (Wildman–Crippen MR) is 69.6 cm³/mol. The van der Waals surface area contributed by atoms with E-state index in [0.29, 0.717) is 12.6 Å². The lowest BCUT2D eigenvalue weighted by atomic mass is 10.1. The van der Waals surface area contributed by atoms with E-state index < -0.39 is 0 Å². The Morgan fingerprint density at radius 2 is 2.24 bits per heavy atom. The fourth-order valence-electron chi connectivity index (χ4n) is 1.94. The molecule has 0 bridgehead atoms. The third-order valence-electron chi connectivity index (χ3n) is 3.04. The summed E-state index contributed by atoms with van der Waals surface area (Å²) in [5.41, 5.74) is 0. The van der Waals surface area contributed by atoms with Crippen LogP contribution < -0.4 is 5.32 Å². The zero-order chi connectivity index (χ0) is 12.1. The minimum atomic E-state index is 0.550. The van der Waals surface area contributed by atoms with Crippen molar-refractivity contribution in [1.29, 1.82) is 0 Å². The zero-order valence-electron chi connectivity index (χ0n) is 10.5. The smallest absolute Gasteiger partial charge is 0.202 e. The van der Waals surface area contributed by atoms with Crippen LogP contribution in [0.1, 0.15) is 18.7 Å². The Morgan fingerprint density at radius 3 is 2.94 bits per heavy atom. The van der Waals surface area contributed by atoms with Gasteiger partial charge in [-0.05, 0) is 33.0 Å². The molecule has 5 nitrogen and oxygen atoms in total. The van der Waals surface area contributed by atoms with Gasteiger partial charge in [-0.3, -0.25) is 0 Å². The maximum Gasteiger partial charge on any atom is 0.202 e. The Kier molecular flexibility index (Phi) is 4.70. The van der Waals surface area contributed by atoms with E-state index in [9.17, 15) is 0 Å². The third kappa shape index (κ3) is 3.90. The number of hydrogen-bond donors (Lipinski definition) is 1. The molecule has 0 radical (unpaired) electrons. The Morgan fingerprint density at radius 1 is 1.47 bits per heavy atom. The maximum absolute atomic E-state index is 5.02. The molecule has 6 heteroatoms. The van der Waals surface area contributed by atoms with Crippen LogP contribution in [0.4, 0.5) is 5.13 Å². The van der Waals surface area contributed by atoms with Crippen LogP contribution in [0.15, 0.2) is 0 Å². The van der Waals surface area contributed by atoms with Crippen molar-refractivity contribution in [3.05, 3.63) is 5.82 Å². The van der Waals surface area contributed by atoms with Gasteiger partial charge in [-0.25, -0.2) is 4.98 Å². The lowest BCUT2D eigenvalue weighted by molar-refractivity contribution is 0.201. The van der Waals surface area contributed by atoms with Gasteiger partial charge in [0.25, 0.3) is 0 Å². The summed E-state index contributed by atoms with van der Waals surface area (Å²) in [4.78, 5) is 6.83. The summed E-state index contributed by atoms with van der Waals surface area (Å²) in [5.74, 6) is 0.882. The van der Waals surface area contributed by atoms with E-state index in [2.05, 4.69) is 26.6 Å². The standard InChI is InChI=1S/C11H20N4OS/c1-15-6-3-9(4-7-15)12-11-13-10(14-17-11)5-8-16-2/h9H,3-8H2,1-2H3,(H,12,13,14). The molecule has 1 aliphatic heterocycles. The third-order valence-corrected chi connectivity index (χ3v) is 3.73. The monoisotopic (exact) mass is 256 g/mol. The summed E-state index contributed by atoms with van der Waals surface area (Å²) in [6, 6.07) is 0.550. The fourth-order valence-corrected chi connectivity index (χ4v) is 2.62. The molecule has 2 rings (SSSR count). The second-order valence-corrected chi connectivity index (χ2v) is 5.23. The van der Waals surface area contributed by atoms with Crippen LogP contribution in [-0.2, 0) is 11.2 Å². The normalized spacial score (nSPS) is 18.5. The molecule has 1 N–H and O–H groups in total. The van der Waals surface area contributed by atoms with Crippen molar-refractivity contribution in [2.45, 2.75) is 25.3 Å². The van der Waals surface area contributed by atoms with Gasteiger partial charge >= 0.3 is 0 Å². The molecule has 0 saturated carbocycles. The molecular weight excluding hydrogens is 236 g/mol. The zero-order valence-corrected chi connectivity index (χ0v) is 11.3. The number of nitrogens with zero attached hydrogens (tertiary/aromatic N) is 3. The highest BCUT2D eigenvalue weighted by molar-refractivity contribution is 7.09. The highest BCUT2D eigenvalue weighted by Gasteiger charge is 2.17. The molecule has 1 aromatic heterocycles. The second-order valence-electron chi connectivity index (χ2n) is 4.48. The minimum Gasteiger partial charge on any atom is -0.384 e. The topological polar surface area (TPSA) is 50.3 Å². The quantitative estimate of drug-likeness (QED) is 0.859. The van der Waals surface area contributed by atoms with Gasteiger partial charge in [0.15, 0.2) is 0 Å². The molecule has 96 valence electrons. The molecule has 1 aromatic rings. The first-order valence-electron chi connectivity index (χ1n) is 6.04. The van der Waals surface area contributed by atoms with Crippen molar-refractivity contribution in [1.82, 2.24) is 14.3 Å². The van der Waals surface area contributed by atoms with Crippen molar-refractivity contribution in [3.63, 3.8) is 0 Å². The number of aromatic nitrogens is 2. The Bertz CT molecular complexity index is 336. The van der Waals surface area contributed by atoms with E-state index in [-0.39, 0.29) is 0 Å². The lowest BCUT2D eigenvalue weighted by Crippen LogP contribution is -2.36. The van der Waals surface area contributed by atoms with Crippen LogP contribution >= 0.6 is 11.5 Å². The number of piperidine rings is 1. The predicted octanol–water partition coefficient (Wildman–Crippen LogP) is 1.23. The van der Waals surface area contributed by atoms with Crippen LogP contribution in [0.2, 0.25) is 0 Å². The number of likely N-dealkylation sites (tertiary alicyclic amines) is 1. The summed E-state index contributed by atoms with van der Waals surface area (Å²) >= 11 is 1.45. The minimum absolute atomic E-state index is 0.550. The Labute approximate surface area is 106 Å². The molecule has 0 aliphatic carbocycles. The number of anilines is 1. The molecule has 0 spiro atoms. The first-order valence-corrected chi connectivity index (χ1v) is 6.82. The van der Waals surface area contributed by atoms with Gasteiger partial charge < -0.3 is 15.0 Å². The van der Waals surface area contributed by atoms with E-state index in [1.807, 2.05) is 0 Å². The van der Waals surface area contributed by atoms with Crippen molar-refractivity contribution in [2.75, 3.05) is 39.2 Å². The summed E-state index contributed by atoms with van der Waals surface area (Å²) in [6.45, 7) is 3.00. The van der Waals surface area contributed by atoms with Gasteiger partial charge in [-0.1, -0.05) is 0 Å². The lowest BCUT2D eigenvalue weighted by Gasteiger charge is -2.29. The first-order chi connectivity index (χ1) is 8.28. The molecular formula is C11H20N4OS. The van der Waals surface area contributed by atoms with Crippen LogP contribution in [0.5, 0.6) is 0 Å². The molecule has 0 amide bonds. The van der Waals surface area contributed by atoms with Gasteiger partial charge in [0, 0.05) is 31.1 Å². The van der Waals surface area contributed by atoms with E-state index in [1.165, 1.54) is 24.4 Å². The maximum atomic E-state index is 5.02. The molecule has 0 unspecified atom stereocenters. The average Bonchev–Trinajstić information content (AvgIpc) is 2.77. The van der Waals surface area contributed by atoms with Gasteiger partial charge in [-0.2, -0.15) is 4.37 Å². The van der Waals surface area contributed by atoms with Crippen molar-refractivity contribution in [3.8, 4) is 0 Å². The van der Waals surface area contributed by atoms with Crippen molar-refractivity contribution < 1.29 is 4.74 Å². The van der Waals surface area contributed by atoms with E-state index >= 15 is 0 Å². The number of methoxy groups -OCH3 is 1. The highest BCUT2D eigenvalue weighted by atomic mass is 32.1. The van der Waals surface area contributed by atoms with E-state index in [0.717, 1.165) is 30.5 Å². The number of hydrogen-bond acceptors (Lipinski definition) is 6. The van der Waals surface area contributed by atoms with Crippen LogP contribution in [0, 0.1) is 0 Å². The van der Waals surface area contributed by atoms with Gasteiger partial charge in [0.05, 0.1) is 6.61 Å².